The summed E-state index contributed by atoms with van der Waals surface area (Å²) in [5.74, 6) is -0.331. The van der Waals surface area contributed by atoms with Crippen molar-refractivity contribution in [1.82, 2.24) is 0 Å². The van der Waals surface area contributed by atoms with Gasteiger partial charge in [-0.15, -0.1) is 0 Å². The number of nitro groups is 2. The number of carbonyl (C=O) groups excluding carboxylic acids is 1. The lowest BCUT2D eigenvalue weighted by Crippen LogP contribution is -2.03. The second-order valence-electron chi connectivity index (χ2n) is 2.57. The predicted octanol–water partition coefficient (Wildman–Crippen LogP) is 0.991. The monoisotopic (exact) mass is 225 g/mol. The van der Waals surface area contributed by atoms with Gasteiger partial charge in [0.2, 0.25) is 12.0 Å². The van der Waals surface area contributed by atoms with Gasteiger partial charge >= 0.3 is 11.4 Å². The minimum Gasteiger partial charge on any atom is -0.478 e. The van der Waals surface area contributed by atoms with Gasteiger partial charge < -0.3 is 4.74 Å². The van der Waals surface area contributed by atoms with Crippen LogP contribution in [0.15, 0.2) is 18.2 Å². The molecule has 0 spiro atoms. The Labute approximate surface area is 88.7 Å². The highest BCUT2D eigenvalue weighted by atomic mass is 16.6. The summed E-state index contributed by atoms with van der Waals surface area (Å²) in [5.41, 5.74) is -1.46. The molecule has 0 saturated carbocycles. The van der Waals surface area contributed by atoms with E-state index in [0.717, 1.165) is 6.07 Å². The summed E-state index contributed by atoms with van der Waals surface area (Å²) in [4.78, 5) is 29.3. The normalized spacial score (nSPS) is 9.50. The first-order chi connectivity index (χ1) is 7.57. The molecule has 0 unspecified atom stereocenters. The van der Waals surface area contributed by atoms with Crippen molar-refractivity contribution in [2.75, 3.05) is 6.61 Å². The van der Waals surface area contributed by atoms with Gasteiger partial charge in [-0.1, -0.05) is 6.07 Å². The molecule has 1 rings (SSSR count). The Hall–Kier alpha value is -2.51. The van der Waals surface area contributed by atoms with E-state index in [0.29, 0.717) is 0 Å². The molecule has 0 aliphatic rings. The third kappa shape index (κ3) is 2.29. The summed E-state index contributed by atoms with van der Waals surface area (Å²) in [6, 6.07) is 3.38. The van der Waals surface area contributed by atoms with Gasteiger partial charge in [0.25, 0.3) is 0 Å². The standard InChI is InChI=1S/C8H5N2O6/c11-4-5-16-7-3-1-2-6(9(12)13)8(7)10(14)15/h1-3H,5H2. The van der Waals surface area contributed by atoms with Crippen LogP contribution < -0.4 is 4.74 Å². The molecule has 0 atom stereocenters. The Kier molecular flexibility index (Phi) is 3.49. The number of para-hydroxylation sites is 1. The lowest BCUT2D eigenvalue weighted by atomic mass is 10.2. The number of benzene rings is 1. The Balaban J connectivity index is 3.26. The first-order valence-corrected chi connectivity index (χ1v) is 3.97. The van der Waals surface area contributed by atoms with Crippen molar-refractivity contribution < 1.29 is 19.4 Å². The van der Waals surface area contributed by atoms with Crippen molar-refractivity contribution >= 4 is 17.7 Å². The molecular formula is C8H5N2O6. The zero-order valence-electron chi connectivity index (χ0n) is 7.78. The smallest absolute Gasteiger partial charge is 0.387 e. The van der Waals surface area contributed by atoms with Gasteiger partial charge in [0, 0.05) is 6.07 Å². The van der Waals surface area contributed by atoms with Crippen molar-refractivity contribution in [3.05, 3.63) is 38.4 Å². The molecule has 1 aromatic carbocycles. The average molecular weight is 225 g/mol. The molecule has 0 bridgehead atoms. The van der Waals surface area contributed by atoms with Crippen molar-refractivity contribution in [2.45, 2.75) is 0 Å². The van der Waals surface area contributed by atoms with Gasteiger partial charge in [0.15, 0.2) is 6.61 Å². The maximum atomic E-state index is 10.6. The number of hydrogen-bond acceptors (Lipinski definition) is 6. The average Bonchev–Trinajstić information content (AvgIpc) is 2.25. The van der Waals surface area contributed by atoms with E-state index < -0.39 is 27.8 Å². The molecule has 0 N–H and O–H groups in total. The predicted molar refractivity (Wildman–Crippen MR) is 50.9 cm³/mol. The quantitative estimate of drug-likeness (QED) is 0.545. The highest BCUT2D eigenvalue weighted by Crippen LogP contribution is 2.35. The first-order valence-electron chi connectivity index (χ1n) is 3.97. The summed E-state index contributed by atoms with van der Waals surface area (Å²) >= 11 is 0. The summed E-state index contributed by atoms with van der Waals surface area (Å²) in [6.45, 7) is -0.526. The maximum Gasteiger partial charge on any atom is 0.387 e. The molecule has 0 aromatic heterocycles. The zero-order valence-corrected chi connectivity index (χ0v) is 7.78. The fourth-order valence-electron chi connectivity index (χ4n) is 1.07. The molecule has 83 valence electrons. The van der Waals surface area contributed by atoms with Crippen LogP contribution in [0, 0.1) is 20.2 Å². The summed E-state index contributed by atoms with van der Waals surface area (Å²) in [6.07, 6.45) is 1.37. The van der Waals surface area contributed by atoms with E-state index in [1.165, 1.54) is 18.4 Å². The van der Waals surface area contributed by atoms with Crippen LogP contribution in [0.25, 0.3) is 0 Å². The number of nitro benzene ring substituents is 2. The number of nitrogens with zero attached hydrogens (tertiary/aromatic N) is 2. The van der Waals surface area contributed by atoms with Gasteiger partial charge in [-0.25, -0.2) is 0 Å². The molecule has 1 radical (unpaired) electrons. The highest BCUT2D eigenvalue weighted by molar-refractivity contribution is 5.62. The van der Waals surface area contributed by atoms with Gasteiger partial charge in [-0.05, 0) is 6.07 Å². The third-order valence-electron chi connectivity index (χ3n) is 1.64. The Bertz CT molecular complexity index is 444. The van der Waals surface area contributed by atoms with E-state index in [1.54, 1.807) is 0 Å². The Morgan fingerprint density at radius 3 is 2.44 bits per heavy atom. The van der Waals surface area contributed by atoms with Crippen LogP contribution in [0.4, 0.5) is 11.4 Å². The molecule has 8 nitrogen and oxygen atoms in total. The molecule has 16 heavy (non-hydrogen) atoms. The van der Waals surface area contributed by atoms with Crippen LogP contribution in [-0.2, 0) is 4.79 Å². The number of hydrogen-bond donors (Lipinski definition) is 0. The third-order valence-corrected chi connectivity index (χ3v) is 1.64. The molecular weight excluding hydrogens is 220 g/mol. The lowest BCUT2D eigenvalue weighted by Gasteiger charge is -2.02. The SMILES string of the molecule is O=[C]COc1cccc([N+](=O)[O-])c1[N+](=O)[O-]. The first kappa shape index (κ1) is 11.6. The Morgan fingerprint density at radius 1 is 1.25 bits per heavy atom. The second kappa shape index (κ2) is 4.82. The molecule has 0 aliphatic carbocycles. The fourth-order valence-corrected chi connectivity index (χ4v) is 1.07. The topological polar surface area (TPSA) is 113 Å². The molecule has 0 amide bonds. The van der Waals surface area contributed by atoms with Crippen molar-refractivity contribution in [2.24, 2.45) is 0 Å². The van der Waals surface area contributed by atoms with Crippen LogP contribution in [0.2, 0.25) is 0 Å². The molecule has 8 heteroatoms. The summed E-state index contributed by atoms with van der Waals surface area (Å²) < 4.78 is 4.67. The van der Waals surface area contributed by atoms with E-state index in [1.807, 2.05) is 0 Å². The maximum absolute atomic E-state index is 10.6. The minimum atomic E-state index is -0.932. The van der Waals surface area contributed by atoms with E-state index in [-0.39, 0.29) is 5.75 Å². The summed E-state index contributed by atoms with van der Waals surface area (Å²) in [7, 11) is 0. The zero-order chi connectivity index (χ0) is 12.1. The molecule has 0 saturated heterocycles. The van der Waals surface area contributed by atoms with E-state index in [9.17, 15) is 25.0 Å². The lowest BCUT2D eigenvalue weighted by molar-refractivity contribution is -0.423. The van der Waals surface area contributed by atoms with Gasteiger partial charge in [-0.2, -0.15) is 0 Å². The van der Waals surface area contributed by atoms with Crippen molar-refractivity contribution in [3.63, 3.8) is 0 Å². The van der Waals surface area contributed by atoms with Gasteiger partial charge in [0.05, 0.1) is 9.85 Å². The molecule has 0 heterocycles. The van der Waals surface area contributed by atoms with Crippen LogP contribution in [-0.4, -0.2) is 22.7 Å². The molecule has 0 aliphatic heterocycles. The largest absolute Gasteiger partial charge is 0.478 e. The number of rotatable bonds is 5. The van der Waals surface area contributed by atoms with Crippen molar-refractivity contribution in [1.29, 1.82) is 0 Å². The molecule has 1 aromatic rings. The van der Waals surface area contributed by atoms with Gasteiger partial charge in [-0.3, -0.25) is 25.0 Å². The Morgan fingerprint density at radius 2 is 1.94 bits per heavy atom. The van der Waals surface area contributed by atoms with Gasteiger partial charge in [0.1, 0.15) is 0 Å². The van der Waals surface area contributed by atoms with Crippen LogP contribution in [0.1, 0.15) is 0 Å². The number of ether oxygens (including phenoxy) is 1. The minimum absolute atomic E-state index is 0.331. The second-order valence-corrected chi connectivity index (χ2v) is 2.57. The summed E-state index contributed by atoms with van der Waals surface area (Å²) in [5, 5.41) is 21.2. The van der Waals surface area contributed by atoms with E-state index >= 15 is 0 Å². The van der Waals surface area contributed by atoms with Crippen LogP contribution >= 0.6 is 0 Å². The van der Waals surface area contributed by atoms with Crippen molar-refractivity contribution in [3.8, 4) is 5.75 Å². The van der Waals surface area contributed by atoms with Crippen LogP contribution in [0.3, 0.4) is 0 Å². The highest BCUT2D eigenvalue weighted by Gasteiger charge is 2.29. The van der Waals surface area contributed by atoms with E-state index in [2.05, 4.69) is 4.74 Å². The van der Waals surface area contributed by atoms with E-state index in [4.69, 9.17) is 0 Å². The van der Waals surface area contributed by atoms with Crippen LogP contribution in [0.5, 0.6) is 5.75 Å². The fraction of sp³-hybridized carbons (Fsp3) is 0.125. The molecule has 0 fully saturated rings.